The van der Waals surface area contributed by atoms with Gasteiger partial charge < -0.3 is 10.6 Å². The standard InChI is InChI=1S/C15H19N5OS/c21-15(18-8-13-17-5-6-22-13)14-11-7-16-4-3-12(11)20(19-14)9-10-1-2-10/h5-6,10,16H,1-4,7-9H2,(H,18,21). The van der Waals surface area contributed by atoms with Crippen LogP contribution in [-0.4, -0.2) is 27.2 Å². The molecule has 0 spiro atoms. The number of nitrogens with zero attached hydrogens (tertiary/aromatic N) is 3. The molecule has 2 aromatic rings. The second-order valence-corrected chi connectivity index (χ2v) is 6.91. The fraction of sp³-hybridized carbons (Fsp3) is 0.533. The quantitative estimate of drug-likeness (QED) is 0.872. The van der Waals surface area contributed by atoms with E-state index < -0.39 is 0 Å². The Balaban J connectivity index is 1.54. The topological polar surface area (TPSA) is 71.8 Å². The normalized spacial score (nSPS) is 17.3. The minimum absolute atomic E-state index is 0.0929. The van der Waals surface area contributed by atoms with Crippen molar-refractivity contribution in [1.29, 1.82) is 0 Å². The van der Waals surface area contributed by atoms with Crippen molar-refractivity contribution >= 4 is 17.2 Å². The SMILES string of the molecule is O=C(NCc1nccs1)c1nn(CC2CC2)c2c1CNCC2. The van der Waals surface area contributed by atoms with Crippen LogP contribution in [0.3, 0.4) is 0 Å². The minimum atomic E-state index is -0.0929. The van der Waals surface area contributed by atoms with Gasteiger partial charge in [-0.25, -0.2) is 4.98 Å². The van der Waals surface area contributed by atoms with E-state index in [0.717, 1.165) is 42.5 Å². The summed E-state index contributed by atoms with van der Waals surface area (Å²) in [4.78, 5) is 16.7. The fourth-order valence-electron chi connectivity index (χ4n) is 2.88. The summed E-state index contributed by atoms with van der Waals surface area (Å²) in [5, 5.41) is 13.7. The third-order valence-electron chi connectivity index (χ3n) is 4.23. The van der Waals surface area contributed by atoms with E-state index in [1.165, 1.54) is 18.5 Å². The zero-order valence-corrected chi connectivity index (χ0v) is 13.2. The molecule has 7 heteroatoms. The predicted octanol–water partition coefficient (Wildman–Crippen LogP) is 1.33. The summed E-state index contributed by atoms with van der Waals surface area (Å²) in [7, 11) is 0. The predicted molar refractivity (Wildman–Crippen MR) is 83.6 cm³/mol. The molecule has 2 aromatic heterocycles. The lowest BCUT2D eigenvalue weighted by atomic mass is 10.1. The van der Waals surface area contributed by atoms with Gasteiger partial charge in [0.05, 0.1) is 6.54 Å². The maximum atomic E-state index is 12.5. The highest BCUT2D eigenvalue weighted by Gasteiger charge is 2.28. The first-order chi connectivity index (χ1) is 10.8. The van der Waals surface area contributed by atoms with E-state index in [2.05, 4.69) is 25.4 Å². The van der Waals surface area contributed by atoms with Crippen LogP contribution in [0.4, 0.5) is 0 Å². The largest absolute Gasteiger partial charge is 0.344 e. The van der Waals surface area contributed by atoms with E-state index in [-0.39, 0.29) is 5.91 Å². The number of fused-ring (bicyclic) bond motifs is 1. The van der Waals surface area contributed by atoms with Gasteiger partial charge in [-0.1, -0.05) is 0 Å². The molecule has 2 aliphatic rings. The lowest BCUT2D eigenvalue weighted by Gasteiger charge is -2.15. The summed E-state index contributed by atoms with van der Waals surface area (Å²) in [6.45, 7) is 3.12. The van der Waals surface area contributed by atoms with Crippen LogP contribution < -0.4 is 10.6 Å². The van der Waals surface area contributed by atoms with Gasteiger partial charge in [-0.05, 0) is 18.8 Å². The van der Waals surface area contributed by atoms with Crippen LogP contribution >= 0.6 is 11.3 Å². The Kier molecular flexibility index (Phi) is 3.67. The summed E-state index contributed by atoms with van der Waals surface area (Å²) < 4.78 is 2.08. The van der Waals surface area contributed by atoms with Crippen molar-refractivity contribution in [1.82, 2.24) is 25.4 Å². The lowest BCUT2D eigenvalue weighted by Crippen LogP contribution is -2.28. The molecule has 2 N–H and O–H groups in total. The Morgan fingerprint density at radius 2 is 2.41 bits per heavy atom. The molecule has 1 aliphatic heterocycles. The smallest absolute Gasteiger partial charge is 0.272 e. The molecule has 0 unspecified atom stereocenters. The number of rotatable bonds is 5. The first kappa shape index (κ1) is 13.9. The van der Waals surface area contributed by atoms with E-state index in [4.69, 9.17) is 0 Å². The Bertz CT molecular complexity index is 674. The van der Waals surface area contributed by atoms with Crippen LogP contribution in [0.2, 0.25) is 0 Å². The van der Waals surface area contributed by atoms with Crippen LogP contribution in [0, 0.1) is 5.92 Å². The van der Waals surface area contributed by atoms with E-state index >= 15 is 0 Å². The third-order valence-corrected chi connectivity index (χ3v) is 5.01. The molecule has 0 bridgehead atoms. The molecule has 116 valence electrons. The minimum Gasteiger partial charge on any atom is -0.344 e. The third kappa shape index (κ3) is 2.78. The number of nitrogens with one attached hydrogen (secondary N) is 2. The van der Waals surface area contributed by atoms with Gasteiger partial charge in [-0.2, -0.15) is 5.10 Å². The zero-order chi connectivity index (χ0) is 14.9. The van der Waals surface area contributed by atoms with Gasteiger partial charge >= 0.3 is 0 Å². The van der Waals surface area contributed by atoms with Gasteiger partial charge in [-0.3, -0.25) is 9.48 Å². The van der Waals surface area contributed by atoms with Crippen molar-refractivity contribution in [3.8, 4) is 0 Å². The number of carbonyl (C=O) groups is 1. The second kappa shape index (κ2) is 5.81. The molecule has 6 nitrogen and oxygen atoms in total. The molecular weight excluding hydrogens is 298 g/mol. The first-order valence-electron chi connectivity index (χ1n) is 7.77. The van der Waals surface area contributed by atoms with E-state index in [9.17, 15) is 4.79 Å². The Morgan fingerprint density at radius 3 is 3.18 bits per heavy atom. The second-order valence-electron chi connectivity index (χ2n) is 5.93. The van der Waals surface area contributed by atoms with Crippen molar-refractivity contribution < 1.29 is 4.79 Å². The zero-order valence-electron chi connectivity index (χ0n) is 12.3. The van der Waals surface area contributed by atoms with Crippen LogP contribution in [0.1, 0.15) is 39.6 Å². The molecule has 1 amide bonds. The molecule has 0 saturated heterocycles. The van der Waals surface area contributed by atoms with Gasteiger partial charge in [0.2, 0.25) is 0 Å². The van der Waals surface area contributed by atoms with Crippen LogP contribution in [0.25, 0.3) is 0 Å². The van der Waals surface area contributed by atoms with Crippen molar-refractivity contribution in [2.75, 3.05) is 6.54 Å². The summed E-state index contributed by atoms with van der Waals surface area (Å²) >= 11 is 1.55. The van der Waals surface area contributed by atoms with Crippen LogP contribution in [0.5, 0.6) is 0 Å². The molecule has 1 fully saturated rings. The Labute approximate surface area is 132 Å². The molecule has 0 radical (unpaired) electrons. The molecule has 3 heterocycles. The molecule has 22 heavy (non-hydrogen) atoms. The van der Waals surface area contributed by atoms with Crippen LogP contribution in [-0.2, 0) is 26.1 Å². The van der Waals surface area contributed by atoms with E-state index in [1.807, 2.05) is 5.38 Å². The number of aromatic nitrogens is 3. The van der Waals surface area contributed by atoms with Gasteiger partial charge in [0.15, 0.2) is 5.69 Å². The van der Waals surface area contributed by atoms with Crippen molar-refractivity contribution in [2.24, 2.45) is 5.92 Å². The average Bonchev–Trinajstić information content (AvgIpc) is 3.07. The number of carbonyl (C=O) groups excluding carboxylic acids is 1. The highest BCUT2D eigenvalue weighted by molar-refractivity contribution is 7.09. The van der Waals surface area contributed by atoms with E-state index in [1.54, 1.807) is 17.5 Å². The maximum Gasteiger partial charge on any atom is 0.272 e. The molecular formula is C15H19N5OS. The van der Waals surface area contributed by atoms with Crippen molar-refractivity contribution in [3.63, 3.8) is 0 Å². The first-order valence-corrected chi connectivity index (χ1v) is 8.65. The Hall–Kier alpha value is -1.73. The molecule has 0 aromatic carbocycles. The summed E-state index contributed by atoms with van der Waals surface area (Å²) in [6.07, 6.45) is 5.29. The number of hydrogen-bond donors (Lipinski definition) is 2. The molecule has 0 atom stereocenters. The van der Waals surface area contributed by atoms with Gasteiger partial charge in [-0.15, -0.1) is 11.3 Å². The number of amides is 1. The number of hydrogen-bond acceptors (Lipinski definition) is 5. The lowest BCUT2D eigenvalue weighted by molar-refractivity contribution is 0.0944. The molecule has 4 rings (SSSR count). The Morgan fingerprint density at radius 1 is 1.50 bits per heavy atom. The van der Waals surface area contributed by atoms with E-state index in [0.29, 0.717) is 12.2 Å². The summed E-state index contributed by atoms with van der Waals surface area (Å²) in [6, 6.07) is 0. The summed E-state index contributed by atoms with van der Waals surface area (Å²) in [5.41, 5.74) is 2.90. The monoisotopic (exact) mass is 317 g/mol. The summed E-state index contributed by atoms with van der Waals surface area (Å²) in [5.74, 6) is 0.662. The maximum absolute atomic E-state index is 12.5. The fourth-order valence-corrected chi connectivity index (χ4v) is 3.43. The average molecular weight is 317 g/mol. The molecule has 1 aliphatic carbocycles. The molecule has 1 saturated carbocycles. The van der Waals surface area contributed by atoms with Crippen LogP contribution in [0.15, 0.2) is 11.6 Å². The van der Waals surface area contributed by atoms with Crippen molar-refractivity contribution in [3.05, 3.63) is 33.5 Å². The highest BCUT2D eigenvalue weighted by Crippen LogP contribution is 2.32. The van der Waals surface area contributed by atoms with Gasteiger partial charge in [0.1, 0.15) is 5.01 Å². The number of thiazole rings is 1. The van der Waals surface area contributed by atoms with Crippen molar-refractivity contribution in [2.45, 2.75) is 38.9 Å². The highest BCUT2D eigenvalue weighted by atomic mass is 32.1. The van der Waals surface area contributed by atoms with Gasteiger partial charge in [0.25, 0.3) is 5.91 Å². The van der Waals surface area contributed by atoms with Gasteiger partial charge in [0, 0.05) is 48.9 Å².